The lowest BCUT2D eigenvalue weighted by Crippen LogP contribution is -2.45. The van der Waals surface area contributed by atoms with Crippen molar-refractivity contribution in [1.29, 1.82) is 0 Å². The average molecular weight is 461 g/mol. The third-order valence-corrected chi connectivity index (χ3v) is 7.19. The van der Waals surface area contributed by atoms with Crippen molar-refractivity contribution in [2.45, 2.75) is 37.0 Å². The molecular weight excluding hydrogens is 432 g/mol. The van der Waals surface area contributed by atoms with Gasteiger partial charge < -0.3 is 14.6 Å². The van der Waals surface area contributed by atoms with Crippen LogP contribution >= 0.6 is 0 Å². The number of carbonyl (C=O) groups excluding carboxylic acids is 3. The van der Waals surface area contributed by atoms with Gasteiger partial charge in [0.25, 0.3) is 0 Å². The van der Waals surface area contributed by atoms with E-state index in [9.17, 15) is 14.4 Å². The van der Waals surface area contributed by atoms with Crippen LogP contribution < -0.4 is 4.74 Å². The molecule has 34 heavy (non-hydrogen) atoms. The average Bonchev–Trinajstić information content (AvgIpc) is 3.40. The Kier molecular flexibility index (Phi) is 5.59. The van der Waals surface area contributed by atoms with Crippen LogP contribution in [0.3, 0.4) is 0 Å². The first kappa shape index (κ1) is 22.1. The summed E-state index contributed by atoms with van der Waals surface area (Å²) in [5, 5.41) is 0. The number of rotatable bonds is 5. The number of likely N-dealkylation sites (N-methyl/N-ethyl adjacent to an activating group) is 1. The molecule has 3 heterocycles. The van der Waals surface area contributed by atoms with Crippen LogP contribution in [0.5, 0.6) is 5.75 Å². The fourth-order valence-electron chi connectivity index (χ4n) is 5.33. The molecule has 0 spiro atoms. The SMILES string of the molecule is COc1ccccc1[C@@]1(CC(=O)N2CCC[C@H](c3nc4ccccc4[nH]3)C2)CC(=O)N(C)C1=O. The van der Waals surface area contributed by atoms with Crippen LogP contribution in [0, 0.1) is 0 Å². The van der Waals surface area contributed by atoms with Crippen molar-refractivity contribution in [1.82, 2.24) is 19.8 Å². The fraction of sp³-hybridized carbons (Fsp3) is 0.385. The number of para-hydroxylation sites is 3. The number of aromatic nitrogens is 2. The fourth-order valence-corrected chi connectivity index (χ4v) is 5.33. The molecule has 0 radical (unpaired) electrons. The number of nitrogens with one attached hydrogen (secondary N) is 1. The first-order chi connectivity index (χ1) is 16.4. The third-order valence-electron chi connectivity index (χ3n) is 7.19. The van der Waals surface area contributed by atoms with Gasteiger partial charge in [0.1, 0.15) is 11.6 Å². The number of hydrogen-bond donors (Lipinski definition) is 1. The summed E-state index contributed by atoms with van der Waals surface area (Å²) < 4.78 is 5.51. The molecule has 3 aromatic rings. The molecule has 2 saturated heterocycles. The van der Waals surface area contributed by atoms with Crippen LogP contribution in [0.4, 0.5) is 0 Å². The Hall–Kier alpha value is -3.68. The Morgan fingerprint density at radius 2 is 1.94 bits per heavy atom. The molecular formula is C26H28N4O4. The Bertz CT molecular complexity index is 1240. The molecule has 0 bridgehead atoms. The van der Waals surface area contributed by atoms with Crippen molar-refractivity contribution in [3.8, 4) is 5.75 Å². The van der Waals surface area contributed by atoms with Crippen molar-refractivity contribution in [3.05, 3.63) is 59.9 Å². The molecule has 176 valence electrons. The highest BCUT2D eigenvalue weighted by Gasteiger charge is 2.54. The van der Waals surface area contributed by atoms with Gasteiger partial charge in [-0.15, -0.1) is 0 Å². The Morgan fingerprint density at radius 3 is 2.68 bits per heavy atom. The number of benzene rings is 2. The zero-order chi connectivity index (χ0) is 23.9. The zero-order valence-electron chi connectivity index (χ0n) is 19.4. The van der Waals surface area contributed by atoms with Gasteiger partial charge in [-0.3, -0.25) is 19.3 Å². The maximum atomic E-state index is 13.6. The molecule has 5 rings (SSSR count). The van der Waals surface area contributed by atoms with E-state index in [1.54, 1.807) is 18.2 Å². The Labute approximate surface area is 197 Å². The smallest absolute Gasteiger partial charge is 0.240 e. The molecule has 1 aromatic heterocycles. The summed E-state index contributed by atoms with van der Waals surface area (Å²) in [5.41, 5.74) is 1.21. The number of H-pyrrole nitrogens is 1. The molecule has 0 unspecified atom stereocenters. The number of imide groups is 1. The van der Waals surface area contributed by atoms with E-state index >= 15 is 0 Å². The number of nitrogens with zero attached hydrogens (tertiary/aromatic N) is 3. The van der Waals surface area contributed by atoms with Crippen LogP contribution in [0.1, 0.15) is 43.0 Å². The predicted octanol–water partition coefficient (Wildman–Crippen LogP) is 2.99. The van der Waals surface area contributed by atoms with Crippen molar-refractivity contribution in [2.24, 2.45) is 0 Å². The first-order valence-electron chi connectivity index (χ1n) is 11.6. The van der Waals surface area contributed by atoms with Crippen molar-refractivity contribution in [3.63, 3.8) is 0 Å². The van der Waals surface area contributed by atoms with Gasteiger partial charge in [-0.1, -0.05) is 30.3 Å². The van der Waals surface area contributed by atoms with Crippen LogP contribution in [0.25, 0.3) is 11.0 Å². The summed E-state index contributed by atoms with van der Waals surface area (Å²) in [6.07, 6.45) is 1.66. The lowest BCUT2D eigenvalue weighted by Gasteiger charge is -2.35. The number of piperidine rings is 1. The highest BCUT2D eigenvalue weighted by molar-refractivity contribution is 6.10. The van der Waals surface area contributed by atoms with E-state index in [1.807, 2.05) is 35.2 Å². The standard InChI is InChI=1S/C26H28N4O4/c1-29-22(31)14-26(25(29)33,18-9-3-6-12-21(18)34-2)15-23(32)30-13-7-8-17(16-30)24-27-19-10-4-5-11-20(19)28-24/h3-6,9-12,17H,7-8,13-16H2,1-2H3,(H,27,28)/t17-,26-/m0/s1. The summed E-state index contributed by atoms with van der Waals surface area (Å²) in [4.78, 5) is 50.6. The number of methoxy groups -OCH3 is 1. The van der Waals surface area contributed by atoms with E-state index in [-0.39, 0.29) is 36.5 Å². The number of aromatic amines is 1. The van der Waals surface area contributed by atoms with Crippen molar-refractivity contribution in [2.75, 3.05) is 27.2 Å². The van der Waals surface area contributed by atoms with Crippen LogP contribution in [0.15, 0.2) is 48.5 Å². The summed E-state index contributed by atoms with van der Waals surface area (Å²) in [6.45, 7) is 1.15. The second kappa shape index (κ2) is 8.59. The molecule has 8 heteroatoms. The molecule has 0 saturated carbocycles. The van der Waals surface area contributed by atoms with Gasteiger partial charge in [-0.25, -0.2) is 4.98 Å². The quantitative estimate of drug-likeness (QED) is 0.591. The molecule has 2 aliphatic heterocycles. The summed E-state index contributed by atoms with van der Waals surface area (Å²) in [6, 6.07) is 15.0. The second-order valence-electron chi connectivity index (χ2n) is 9.21. The first-order valence-corrected chi connectivity index (χ1v) is 11.6. The van der Waals surface area contributed by atoms with Gasteiger partial charge in [0.2, 0.25) is 17.7 Å². The molecule has 1 N–H and O–H groups in total. The van der Waals surface area contributed by atoms with E-state index in [1.165, 1.54) is 14.2 Å². The number of likely N-dealkylation sites (tertiary alicyclic amines) is 2. The van der Waals surface area contributed by atoms with Crippen molar-refractivity contribution < 1.29 is 19.1 Å². The minimum absolute atomic E-state index is 0.0463. The number of hydrogen-bond acceptors (Lipinski definition) is 5. The van der Waals surface area contributed by atoms with E-state index in [2.05, 4.69) is 4.98 Å². The highest BCUT2D eigenvalue weighted by atomic mass is 16.5. The molecule has 3 amide bonds. The molecule has 0 aliphatic carbocycles. The Balaban J connectivity index is 1.42. The lowest BCUT2D eigenvalue weighted by molar-refractivity contribution is -0.142. The minimum atomic E-state index is -1.26. The number of ether oxygens (including phenoxy) is 1. The van der Waals surface area contributed by atoms with Gasteiger partial charge in [0.05, 0.1) is 23.6 Å². The van der Waals surface area contributed by atoms with E-state index in [0.29, 0.717) is 24.4 Å². The lowest BCUT2D eigenvalue weighted by atomic mass is 9.75. The number of fused-ring (bicyclic) bond motifs is 1. The maximum absolute atomic E-state index is 13.6. The largest absolute Gasteiger partial charge is 0.496 e. The molecule has 2 atom stereocenters. The molecule has 2 aromatic carbocycles. The summed E-state index contributed by atoms with van der Waals surface area (Å²) >= 11 is 0. The monoisotopic (exact) mass is 460 g/mol. The van der Waals surface area contributed by atoms with Crippen LogP contribution in [-0.4, -0.2) is 64.7 Å². The van der Waals surface area contributed by atoms with Gasteiger partial charge >= 0.3 is 0 Å². The van der Waals surface area contributed by atoms with E-state index < -0.39 is 5.41 Å². The van der Waals surface area contributed by atoms with Crippen LogP contribution in [0.2, 0.25) is 0 Å². The highest BCUT2D eigenvalue weighted by Crippen LogP contribution is 2.44. The molecule has 2 fully saturated rings. The normalized spacial score (nSPS) is 23.1. The van der Waals surface area contributed by atoms with Gasteiger partial charge in [-0.2, -0.15) is 0 Å². The molecule has 8 nitrogen and oxygen atoms in total. The van der Waals surface area contributed by atoms with Crippen LogP contribution in [-0.2, 0) is 19.8 Å². The number of imidazole rings is 1. The topological polar surface area (TPSA) is 95.6 Å². The predicted molar refractivity (Wildman–Crippen MR) is 126 cm³/mol. The number of carbonyl (C=O) groups is 3. The Morgan fingerprint density at radius 1 is 1.18 bits per heavy atom. The minimum Gasteiger partial charge on any atom is -0.496 e. The van der Waals surface area contributed by atoms with E-state index in [0.717, 1.165) is 34.6 Å². The molecule has 2 aliphatic rings. The van der Waals surface area contributed by atoms with E-state index in [4.69, 9.17) is 9.72 Å². The summed E-state index contributed by atoms with van der Waals surface area (Å²) in [7, 11) is 3.01. The van der Waals surface area contributed by atoms with Crippen molar-refractivity contribution >= 4 is 28.8 Å². The van der Waals surface area contributed by atoms with Gasteiger partial charge in [0, 0.05) is 44.5 Å². The number of amides is 3. The maximum Gasteiger partial charge on any atom is 0.240 e. The second-order valence-corrected chi connectivity index (χ2v) is 9.21. The third kappa shape index (κ3) is 3.63. The van der Waals surface area contributed by atoms with Gasteiger partial charge in [0.15, 0.2) is 0 Å². The zero-order valence-corrected chi connectivity index (χ0v) is 19.4. The van der Waals surface area contributed by atoms with Gasteiger partial charge in [-0.05, 0) is 31.0 Å². The summed E-state index contributed by atoms with van der Waals surface area (Å²) in [5.74, 6) is 0.693.